The summed E-state index contributed by atoms with van der Waals surface area (Å²) in [6.07, 6.45) is -0.0290. The Kier molecular flexibility index (Phi) is 8.46. The third-order valence-electron chi connectivity index (χ3n) is 7.21. The van der Waals surface area contributed by atoms with E-state index in [0.717, 1.165) is 25.7 Å². The van der Waals surface area contributed by atoms with Gasteiger partial charge in [0.1, 0.15) is 5.69 Å². The number of pyridine rings is 1. The van der Waals surface area contributed by atoms with Crippen molar-refractivity contribution in [3.05, 3.63) is 59.2 Å². The molecule has 0 saturated carbocycles. The third-order valence-corrected chi connectivity index (χ3v) is 8.14. The van der Waals surface area contributed by atoms with E-state index in [4.69, 9.17) is 0 Å². The molecule has 1 aliphatic heterocycles. The van der Waals surface area contributed by atoms with Crippen LogP contribution in [-0.2, 0) is 11.0 Å². The lowest BCUT2D eigenvalue weighted by Gasteiger charge is -2.37. The molecule has 0 atom stereocenters. The number of hydrogen-bond donors (Lipinski definition) is 2. The molecular formula is C28H30F3N9O2S. The van der Waals surface area contributed by atoms with Crippen molar-refractivity contribution in [2.75, 3.05) is 48.3 Å². The van der Waals surface area contributed by atoms with E-state index in [1.54, 1.807) is 31.5 Å². The normalized spacial score (nSPS) is 14.2. The van der Waals surface area contributed by atoms with E-state index < -0.39 is 17.6 Å². The van der Waals surface area contributed by atoms with Crippen LogP contribution in [0.5, 0.6) is 0 Å². The number of anilines is 3. The highest BCUT2D eigenvalue weighted by Crippen LogP contribution is 2.39. The van der Waals surface area contributed by atoms with Crippen molar-refractivity contribution in [1.29, 1.82) is 0 Å². The summed E-state index contributed by atoms with van der Waals surface area (Å²) >= 11 is 1.23. The fourth-order valence-corrected chi connectivity index (χ4v) is 5.69. The van der Waals surface area contributed by atoms with Gasteiger partial charge in [0.05, 0.1) is 33.6 Å². The number of hydrogen-bond acceptors (Lipinski definition) is 9. The number of aromatic nitrogens is 5. The first-order chi connectivity index (χ1) is 20.4. The molecule has 5 rings (SSSR count). The molecule has 43 heavy (non-hydrogen) atoms. The van der Waals surface area contributed by atoms with Gasteiger partial charge in [-0.05, 0) is 44.2 Å². The molecule has 226 valence electrons. The van der Waals surface area contributed by atoms with Gasteiger partial charge in [0, 0.05) is 56.9 Å². The van der Waals surface area contributed by atoms with Gasteiger partial charge in [-0.1, -0.05) is 23.5 Å². The van der Waals surface area contributed by atoms with Crippen LogP contribution in [0.2, 0.25) is 0 Å². The van der Waals surface area contributed by atoms with Crippen LogP contribution in [0.25, 0.3) is 16.3 Å². The molecule has 1 aromatic carbocycles. The molecule has 4 heterocycles. The number of halogens is 3. The second-order valence-corrected chi connectivity index (χ2v) is 11.2. The predicted molar refractivity (Wildman–Crippen MR) is 158 cm³/mol. The molecule has 1 aliphatic rings. The minimum atomic E-state index is -4.59. The fourth-order valence-electron chi connectivity index (χ4n) is 4.88. The van der Waals surface area contributed by atoms with Gasteiger partial charge in [-0.2, -0.15) is 13.2 Å². The van der Waals surface area contributed by atoms with E-state index in [9.17, 15) is 22.8 Å². The number of rotatable bonds is 7. The van der Waals surface area contributed by atoms with E-state index in [2.05, 4.69) is 42.7 Å². The number of piperazine rings is 1. The molecule has 4 aromatic rings. The number of nitrogens with one attached hydrogen (secondary N) is 2. The van der Waals surface area contributed by atoms with E-state index in [0.29, 0.717) is 45.9 Å². The van der Waals surface area contributed by atoms with Crippen molar-refractivity contribution in [3.8, 4) is 16.3 Å². The Labute approximate surface area is 249 Å². The second kappa shape index (κ2) is 12.1. The van der Waals surface area contributed by atoms with Crippen LogP contribution >= 0.6 is 11.3 Å². The summed E-state index contributed by atoms with van der Waals surface area (Å²) < 4.78 is 43.6. The molecule has 2 N–H and O–H groups in total. The van der Waals surface area contributed by atoms with Gasteiger partial charge in [0.25, 0.3) is 5.91 Å². The maximum atomic E-state index is 14.0. The van der Waals surface area contributed by atoms with Crippen molar-refractivity contribution in [2.45, 2.75) is 33.9 Å². The average Bonchev–Trinajstić information content (AvgIpc) is 3.63. The van der Waals surface area contributed by atoms with E-state index >= 15 is 0 Å². The summed E-state index contributed by atoms with van der Waals surface area (Å²) in [7, 11) is 0. The van der Waals surface area contributed by atoms with Gasteiger partial charge in [-0.15, -0.1) is 5.10 Å². The Balaban J connectivity index is 1.40. The standard InChI is InChI=1S/C28H30F3N9O2S/c1-5-38-6-8-39(9-7-38)23-12-20(11-21(16(23)2)28(29,30)31)35-26(42)19-10-24(17(3)32-13-19)40-15-22(36-37-40)25-14-33-27(43-25)34-18(4)41/h10-15H,5-9H2,1-4H3,(H,35,42)(H,33,34,41). The van der Waals surface area contributed by atoms with Gasteiger partial charge < -0.3 is 20.4 Å². The van der Waals surface area contributed by atoms with E-state index in [1.807, 2.05) is 4.90 Å². The van der Waals surface area contributed by atoms with Crippen LogP contribution in [-0.4, -0.2) is 74.4 Å². The highest BCUT2D eigenvalue weighted by molar-refractivity contribution is 7.19. The van der Waals surface area contributed by atoms with Gasteiger partial charge in [0.2, 0.25) is 5.91 Å². The zero-order chi connectivity index (χ0) is 30.9. The molecule has 2 amide bonds. The lowest BCUT2D eigenvalue weighted by molar-refractivity contribution is -0.138. The van der Waals surface area contributed by atoms with Gasteiger partial charge >= 0.3 is 6.18 Å². The molecular weight excluding hydrogens is 583 g/mol. The highest BCUT2D eigenvalue weighted by Gasteiger charge is 2.35. The summed E-state index contributed by atoms with van der Waals surface area (Å²) in [4.78, 5) is 37.9. The van der Waals surface area contributed by atoms with Crippen LogP contribution in [0.4, 0.5) is 29.7 Å². The van der Waals surface area contributed by atoms with Crippen molar-refractivity contribution >= 4 is 39.7 Å². The molecule has 0 spiro atoms. The lowest BCUT2D eigenvalue weighted by Crippen LogP contribution is -2.46. The predicted octanol–water partition coefficient (Wildman–Crippen LogP) is 4.77. The Morgan fingerprint density at radius 2 is 1.74 bits per heavy atom. The maximum absolute atomic E-state index is 14.0. The monoisotopic (exact) mass is 613 g/mol. The smallest absolute Gasteiger partial charge is 0.369 e. The van der Waals surface area contributed by atoms with Crippen molar-refractivity contribution in [3.63, 3.8) is 0 Å². The van der Waals surface area contributed by atoms with Crippen LogP contribution in [0.15, 0.2) is 36.8 Å². The Morgan fingerprint density at radius 3 is 2.42 bits per heavy atom. The molecule has 11 nitrogen and oxygen atoms in total. The minimum absolute atomic E-state index is 0.0428. The van der Waals surface area contributed by atoms with Gasteiger partial charge in [0.15, 0.2) is 5.13 Å². The first-order valence-corrected chi connectivity index (χ1v) is 14.4. The van der Waals surface area contributed by atoms with Crippen LogP contribution < -0.4 is 15.5 Å². The number of alkyl halides is 3. The number of thiazole rings is 1. The summed E-state index contributed by atoms with van der Waals surface area (Å²) in [5.74, 6) is -0.858. The largest absolute Gasteiger partial charge is 0.416 e. The van der Waals surface area contributed by atoms with Crippen molar-refractivity contribution in [2.24, 2.45) is 0 Å². The van der Waals surface area contributed by atoms with E-state index in [1.165, 1.54) is 36.1 Å². The molecule has 0 unspecified atom stereocenters. The van der Waals surface area contributed by atoms with Crippen LogP contribution in [0.3, 0.4) is 0 Å². The summed E-state index contributed by atoms with van der Waals surface area (Å²) in [6.45, 7) is 10.2. The first-order valence-electron chi connectivity index (χ1n) is 13.6. The molecule has 3 aromatic heterocycles. The van der Waals surface area contributed by atoms with Crippen LogP contribution in [0.1, 0.15) is 41.0 Å². The molecule has 0 radical (unpaired) electrons. The SMILES string of the molecule is CCN1CCN(c2cc(NC(=O)c3cnc(C)c(-n4cc(-c5cnc(NC(C)=O)s5)nn4)c3)cc(C(F)(F)F)c2C)CC1. The minimum Gasteiger partial charge on any atom is -0.369 e. The summed E-state index contributed by atoms with van der Waals surface area (Å²) in [5, 5.41) is 14.0. The Morgan fingerprint density at radius 1 is 1.00 bits per heavy atom. The number of aryl methyl sites for hydroxylation is 1. The lowest BCUT2D eigenvalue weighted by atomic mass is 10.0. The Hall–Kier alpha value is -4.37. The molecule has 1 saturated heterocycles. The molecule has 15 heteroatoms. The number of benzene rings is 1. The zero-order valence-corrected chi connectivity index (χ0v) is 24.8. The van der Waals surface area contributed by atoms with Crippen molar-refractivity contribution in [1.82, 2.24) is 29.9 Å². The topological polar surface area (TPSA) is 121 Å². The van der Waals surface area contributed by atoms with E-state index in [-0.39, 0.29) is 22.7 Å². The first kappa shape index (κ1) is 30.1. The summed E-state index contributed by atoms with van der Waals surface area (Å²) in [5.41, 5.74) is 1.48. The fraction of sp³-hybridized carbons (Fsp3) is 0.357. The third kappa shape index (κ3) is 6.67. The second-order valence-electron chi connectivity index (χ2n) is 10.1. The Bertz CT molecular complexity index is 1660. The maximum Gasteiger partial charge on any atom is 0.416 e. The number of carbonyl (C=O) groups is 2. The highest BCUT2D eigenvalue weighted by atomic mass is 32.1. The number of nitrogens with zero attached hydrogens (tertiary/aromatic N) is 7. The van der Waals surface area contributed by atoms with Gasteiger partial charge in [-0.25, -0.2) is 9.67 Å². The quantitative estimate of drug-likeness (QED) is 0.306. The average molecular weight is 614 g/mol. The number of carbonyl (C=O) groups excluding carboxylic acids is 2. The molecule has 0 aliphatic carbocycles. The van der Waals surface area contributed by atoms with Gasteiger partial charge in [-0.3, -0.25) is 14.6 Å². The number of amides is 2. The molecule has 1 fully saturated rings. The van der Waals surface area contributed by atoms with Crippen molar-refractivity contribution < 1.29 is 22.8 Å². The zero-order valence-electron chi connectivity index (χ0n) is 24.0. The number of likely N-dealkylation sites (N-methyl/N-ethyl adjacent to an activating group) is 1. The summed E-state index contributed by atoms with van der Waals surface area (Å²) in [6, 6.07) is 4.12. The van der Waals surface area contributed by atoms with Crippen LogP contribution in [0, 0.1) is 13.8 Å². The molecule has 0 bridgehead atoms.